The van der Waals surface area contributed by atoms with E-state index in [1.165, 1.54) is 19.2 Å². The second-order valence-corrected chi connectivity index (χ2v) is 7.60. The fourth-order valence-corrected chi connectivity index (χ4v) is 2.97. The topological polar surface area (TPSA) is 101 Å². The van der Waals surface area contributed by atoms with Crippen molar-refractivity contribution in [1.29, 1.82) is 0 Å². The molecule has 0 spiro atoms. The highest BCUT2D eigenvalue weighted by Crippen LogP contribution is 2.35. The Morgan fingerprint density at radius 3 is 2.53 bits per heavy atom. The summed E-state index contributed by atoms with van der Waals surface area (Å²) in [6.45, 7) is 6.16. The normalized spacial score (nSPS) is 18.5. The fourth-order valence-electron chi connectivity index (χ4n) is 2.97. The van der Waals surface area contributed by atoms with Crippen LogP contribution in [0, 0.1) is 17.6 Å². The molecule has 32 heavy (non-hydrogen) atoms. The maximum Gasteiger partial charge on any atom is 0.253 e. The molecule has 1 aromatic carbocycles. The van der Waals surface area contributed by atoms with E-state index in [4.69, 9.17) is 14.9 Å². The number of methoxy groups -OCH3 is 1. The second kappa shape index (κ2) is 13.0. The Kier molecular flexibility index (Phi) is 11.2. The van der Waals surface area contributed by atoms with Gasteiger partial charge in [-0.2, -0.15) is 4.39 Å². The van der Waals surface area contributed by atoms with Crippen LogP contribution in [-0.4, -0.2) is 53.6 Å². The van der Waals surface area contributed by atoms with E-state index in [9.17, 15) is 13.6 Å². The van der Waals surface area contributed by atoms with Crippen LogP contribution >= 0.6 is 0 Å². The maximum atomic E-state index is 12.5. The highest BCUT2D eigenvalue weighted by molar-refractivity contribution is 5.94. The van der Waals surface area contributed by atoms with Crippen molar-refractivity contribution in [2.24, 2.45) is 5.92 Å². The van der Waals surface area contributed by atoms with E-state index in [1.807, 2.05) is 13.8 Å². The van der Waals surface area contributed by atoms with Gasteiger partial charge >= 0.3 is 0 Å². The van der Waals surface area contributed by atoms with Crippen molar-refractivity contribution in [2.45, 2.75) is 45.3 Å². The molecule has 2 aromatic rings. The lowest BCUT2D eigenvalue weighted by atomic mass is 9.92. The summed E-state index contributed by atoms with van der Waals surface area (Å²) < 4.78 is 35.1. The average Bonchev–Trinajstić information content (AvgIpc) is 3.05. The Labute approximate surface area is 187 Å². The maximum absolute atomic E-state index is 12.5. The molecule has 1 aromatic heterocycles. The average molecular weight is 455 g/mol. The van der Waals surface area contributed by atoms with Crippen molar-refractivity contribution in [1.82, 2.24) is 4.98 Å². The third-order valence-corrected chi connectivity index (χ3v) is 5.08. The molecular weight excluding hydrogens is 422 g/mol. The summed E-state index contributed by atoms with van der Waals surface area (Å²) in [5.74, 6) is -1.67. The molecule has 1 aliphatic heterocycles. The zero-order valence-electron chi connectivity index (χ0n) is 19.1. The molecule has 1 fully saturated rings. The van der Waals surface area contributed by atoms with E-state index in [2.05, 4.69) is 22.0 Å². The van der Waals surface area contributed by atoms with Gasteiger partial charge in [0.05, 0.1) is 12.7 Å². The van der Waals surface area contributed by atoms with Crippen molar-refractivity contribution in [2.75, 3.05) is 26.1 Å². The molecule has 1 amide bonds. The Hall–Kier alpha value is -2.62. The minimum absolute atomic E-state index is 0.0435. The van der Waals surface area contributed by atoms with Crippen LogP contribution in [0.2, 0.25) is 0 Å². The van der Waals surface area contributed by atoms with Crippen molar-refractivity contribution < 1.29 is 33.3 Å². The zero-order valence-corrected chi connectivity index (χ0v) is 19.1. The second-order valence-electron chi connectivity index (χ2n) is 7.60. The molecule has 2 heterocycles. The Balaban J connectivity index is 0.000000358. The fraction of sp³-hybridized carbons (Fsp3) is 0.478. The van der Waals surface area contributed by atoms with Crippen LogP contribution in [0.3, 0.4) is 0 Å². The third-order valence-electron chi connectivity index (χ3n) is 5.08. The molecular formula is C23H32F2N2O5. The predicted octanol–water partition coefficient (Wildman–Crippen LogP) is 3.34. The molecule has 0 saturated carbocycles. The molecule has 3 N–H and O–H groups in total. The smallest absolute Gasteiger partial charge is 0.253 e. The van der Waals surface area contributed by atoms with Gasteiger partial charge in [-0.15, -0.1) is 0 Å². The van der Waals surface area contributed by atoms with Gasteiger partial charge in [0.1, 0.15) is 6.10 Å². The first-order valence-electron chi connectivity index (χ1n) is 10.1. The quantitative estimate of drug-likeness (QED) is 0.641. The van der Waals surface area contributed by atoms with Crippen LogP contribution in [0.5, 0.6) is 5.75 Å². The molecule has 3 rings (SSSR count). The van der Waals surface area contributed by atoms with E-state index in [1.54, 1.807) is 18.3 Å². The number of nitrogens with one attached hydrogen (secondary N) is 1. The lowest BCUT2D eigenvalue weighted by molar-refractivity contribution is -0.130. The van der Waals surface area contributed by atoms with Crippen LogP contribution in [-0.2, 0) is 16.0 Å². The number of pyridine rings is 1. The molecule has 178 valence electrons. The Morgan fingerprint density at radius 1 is 1.31 bits per heavy atom. The summed E-state index contributed by atoms with van der Waals surface area (Å²) >= 11 is 0. The van der Waals surface area contributed by atoms with Gasteiger partial charge < -0.3 is 25.0 Å². The summed E-state index contributed by atoms with van der Waals surface area (Å²) in [7, 11) is 2.29. The van der Waals surface area contributed by atoms with Gasteiger partial charge in [-0.05, 0) is 50.5 Å². The standard InChI is InChI=1S/C15H22N2O3.C7H6F2O.CH4O/c1-10-8-13(20-15(10,2)3)14(19)17-12-4-6-16-11(9-12)5-7-18;1-10-6-4-2-3-5(8)7(6)9;1-2/h4,6,9-10,13,18H,5,7-8H2,1-3H3,(H,16,17,19);2-4H,1H3;2H,1H3. The van der Waals surface area contributed by atoms with E-state index in [0.717, 1.165) is 25.3 Å². The molecule has 1 saturated heterocycles. The van der Waals surface area contributed by atoms with E-state index < -0.39 is 17.7 Å². The summed E-state index contributed by atoms with van der Waals surface area (Å²) in [6.07, 6.45) is 2.43. The number of hydrogen-bond acceptors (Lipinski definition) is 6. The lowest BCUT2D eigenvalue weighted by Crippen LogP contribution is -2.31. The van der Waals surface area contributed by atoms with Crippen molar-refractivity contribution >= 4 is 11.6 Å². The summed E-state index contributed by atoms with van der Waals surface area (Å²) in [6, 6.07) is 7.30. The van der Waals surface area contributed by atoms with Crippen LogP contribution in [0.1, 0.15) is 32.9 Å². The van der Waals surface area contributed by atoms with Crippen molar-refractivity contribution in [3.63, 3.8) is 0 Å². The number of anilines is 1. The van der Waals surface area contributed by atoms with E-state index in [-0.39, 0.29) is 23.9 Å². The Bertz CT molecular complexity index is 864. The molecule has 9 heteroatoms. The van der Waals surface area contributed by atoms with Gasteiger partial charge in [-0.1, -0.05) is 13.0 Å². The van der Waals surface area contributed by atoms with Gasteiger partial charge in [-0.3, -0.25) is 9.78 Å². The van der Waals surface area contributed by atoms with Crippen molar-refractivity contribution in [3.05, 3.63) is 53.9 Å². The Morgan fingerprint density at radius 2 is 2.00 bits per heavy atom. The number of hydrogen-bond donors (Lipinski definition) is 3. The van der Waals surface area contributed by atoms with Crippen molar-refractivity contribution in [3.8, 4) is 5.75 Å². The molecule has 2 atom stereocenters. The first-order valence-corrected chi connectivity index (χ1v) is 10.1. The van der Waals surface area contributed by atoms with Crippen LogP contribution in [0.15, 0.2) is 36.5 Å². The first-order chi connectivity index (χ1) is 15.2. The molecule has 2 unspecified atom stereocenters. The van der Waals surface area contributed by atoms with E-state index >= 15 is 0 Å². The van der Waals surface area contributed by atoms with Gasteiger partial charge in [0.2, 0.25) is 5.82 Å². The molecule has 0 aliphatic carbocycles. The molecule has 1 aliphatic rings. The van der Waals surface area contributed by atoms with Crippen LogP contribution in [0.4, 0.5) is 14.5 Å². The first kappa shape index (κ1) is 27.4. The minimum atomic E-state index is -0.940. The van der Waals surface area contributed by atoms with Gasteiger partial charge in [-0.25, -0.2) is 4.39 Å². The lowest BCUT2D eigenvalue weighted by Gasteiger charge is -2.22. The minimum Gasteiger partial charge on any atom is -0.494 e. The number of aliphatic hydroxyl groups excluding tert-OH is 2. The number of aliphatic hydroxyl groups is 2. The SMILES string of the molecule is CC1CC(C(=O)Nc2ccnc(CCO)c2)OC1(C)C.CO.COc1cccc(F)c1F. The highest BCUT2D eigenvalue weighted by Gasteiger charge is 2.41. The third kappa shape index (κ3) is 7.81. The number of benzene rings is 1. The van der Waals surface area contributed by atoms with Gasteiger partial charge in [0.15, 0.2) is 11.6 Å². The zero-order chi connectivity index (χ0) is 24.3. The highest BCUT2D eigenvalue weighted by atomic mass is 19.2. The van der Waals surface area contributed by atoms with Gasteiger partial charge in [0.25, 0.3) is 5.91 Å². The van der Waals surface area contributed by atoms with E-state index in [0.29, 0.717) is 18.0 Å². The van der Waals surface area contributed by atoms with Gasteiger partial charge in [0, 0.05) is 37.7 Å². The summed E-state index contributed by atoms with van der Waals surface area (Å²) in [5, 5.41) is 18.8. The number of carbonyl (C=O) groups is 1. The largest absolute Gasteiger partial charge is 0.494 e. The number of aromatic nitrogens is 1. The summed E-state index contributed by atoms with van der Waals surface area (Å²) in [5.41, 5.74) is 1.18. The number of halogens is 2. The molecule has 0 radical (unpaired) electrons. The molecule has 7 nitrogen and oxygen atoms in total. The predicted molar refractivity (Wildman–Crippen MR) is 117 cm³/mol. The number of rotatable bonds is 5. The number of amides is 1. The number of carbonyl (C=O) groups excluding carboxylic acids is 1. The monoisotopic (exact) mass is 454 g/mol. The summed E-state index contributed by atoms with van der Waals surface area (Å²) in [4.78, 5) is 16.3. The van der Waals surface area contributed by atoms with Crippen LogP contribution < -0.4 is 10.1 Å². The number of ether oxygens (including phenoxy) is 2. The van der Waals surface area contributed by atoms with Crippen LogP contribution in [0.25, 0.3) is 0 Å². The molecule has 0 bridgehead atoms. The number of nitrogens with zero attached hydrogens (tertiary/aromatic N) is 1.